The third-order valence-electron chi connectivity index (χ3n) is 4.19. The zero-order valence-corrected chi connectivity index (χ0v) is 16.2. The van der Waals surface area contributed by atoms with Crippen LogP contribution in [0.3, 0.4) is 0 Å². The number of nitrogens with zero attached hydrogens (tertiary/aromatic N) is 2. The van der Waals surface area contributed by atoms with Crippen LogP contribution in [-0.2, 0) is 0 Å². The smallest absolute Gasteiger partial charge is 0.335 e. The lowest BCUT2D eigenvalue weighted by Gasteiger charge is -2.12. The number of halogens is 1. The molecule has 144 valence electrons. The van der Waals surface area contributed by atoms with Crippen molar-refractivity contribution in [3.63, 3.8) is 0 Å². The molecule has 0 radical (unpaired) electrons. The third kappa shape index (κ3) is 3.70. The van der Waals surface area contributed by atoms with E-state index in [2.05, 4.69) is 9.98 Å². The maximum Gasteiger partial charge on any atom is 0.335 e. The largest absolute Gasteiger partial charge is 0.495 e. The molecule has 28 heavy (non-hydrogen) atoms. The van der Waals surface area contributed by atoms with E-state index in [-0.39, 0.29) is 5.56 Å². The van der Waals surface area contributed by atoms with Gasteiger partial charge in [-0.15, -0.1) is 0 Å². The molecular weight excluding hydrogens is 382 g/mol. The summed E-state index contributed by atoms with van der Waals surface area (Å²) in [6, 6.07) is 10.2. The average molecular weight is 400 g/mol. The van der Waals surface area contributed by atoms with Crippen LogP contribution in [0.25, 0.3) is 5.69 Å². The molecule has 3 rings (SSSR count). The summed E-state index contributed by atoms with van der Waals surface area (Å²) in [6.07, 6.45) is 1.19. The SMILES string of the molecule is COc1ccc(N=Cc2c(O)n(-c3ccc(C)cc3C)c(=O)[nH]c2=O)cc1Cl. The molecule has 0 saturated carbocycles. The molecule has 0 amide bonds. The second-order valence-corrected chi connectivity index (χ2v) is 6.61. The Kier molecular flexibility index (Phi) is 5.37. The van der Waals surface area contributed by atoms with Gasteiger partial charge in [-0.1, -0.05) is 29.3 Å². The highest BCUT2D eigenvalue weighted by molar-refractivity contribution is 6.32. The molecule has 0 fully saturated rings. The first kappa shape index (κ1) is 19.4. The minimum atomic E-state index is -0.744. The van der Waals surface area contributed by atoms with Crippen LogP contribution in [0.4, 0.5) is 5.69 Å². The van der Waals surface area contributed by atoms with Gasteiger partial charge in [-0.25, -0.2) is 9.36 Å². The van der Waals surface area contributed by atoms with Gasteiger partial charge in [0, 0.05) is 6.21 Å². The first-order chi connectivity index (χ1) is 13.3. The van der Waals surface area contributed by atoms with Crippen molar-refractivity contribution in [2.75, 3.05) is 7.11 Å². The number of aromatic nitrogens is 2. The third-order valence-corrected chi connectivity index (χ3v) is 4.49. The predicted octanol–water partition coefficient (Wildman–Crippen LogP) is 3.26. The quantitative estimate of drug-likeness (QED) is 0.658. The van der Waals surface area contributed by atoms with Gasteiger partial charge in [-0.3, -0.25) is 14.8 Å². The van der Waals surface area contributed by atoms with E-state index >= 15 is 0 Å². The summed E-state index contributed by atoms with van der Waals surface area (Å²) < 4.78 is 6.12. The van der Waals surface area contributed by atoms with Gasteiger partial charge < -0.3 is 9.84 Å². The molecule has 0 saturated heterocycles. The molecule has 8 heteroatoms. The van der Waals surface area contributed by atoms with Crippen LogP contribution in [0.2, 0.25) is 5.02 Å². The summed E-state index contributed by atoms with van der Waals surface area (Å²) in [4.78, 5) is 30.9. The van der Waals surface area contributed by atoms with E-state index in [1.54, 1.807) is 24.3 Å². The lowest BCUT2D eigenvalue weighted by Crippen LogP contribution is -2.31. The second-order valence-electron chi connectivity index (χ2n) is 6.20. The fraction of sp³-hybridized carbons (Fsp3) is 0.150. The van der Waals surface area contributed by atoms with Crippen molar-refractivity contribution in [2.45, 2.75) is 13.8 Å². The fourth-order valence-electron chi connectivity index (χ4n) is 2.81. The number of rotatable bonds is 4. The number of ether oxygens (including phenoxy) is 1. The van der Waals surface area contributed by atoms with Crippen molar-refractivity contribution in [1.29, 1.82) is 0 Å². The van der Waals surface area contributed by atoms with Crippen LogP contribution in [0.15, 0.2) is 51.0 Å². The Morgan fingerprint density at radius 3 is 2.57 bits per heavy atom. The van der Waals surface area contributed by atoms with Crippen LogP contribution < -0.4 is 16.0 Å². The number of nitrogens with one attached hydrogen (secondary N) is 1. The first-order valence-corrected chi connectivity index (χ1v) is 8.73. The highest BCUT2D eigenvalue weighted by atomic mass is 35.5. The van der Waals surface area contributed by atoms with Gasteiger partial charge in [-0.2, -0.15) is 0 Å². The van der Waals surface area contributed by atoms with Crippen molar-refractivity contribution in [3.05, 3.63) is 78.9 Å². The maximum atomic E-state index is 12.3. The van der Waals surface area contributed by atoms with Crippen molar-refractivity contribution in [1.82, 2.24) is 9.55 Å². The average Bonchev–Trinajstić information content (AvgIpc) is 2.63. The van der Waals surface area contributed by atoms with Crippen LogP contribution in [0, 0.1) is 13.8 Å². The fourth-order valence-corrected chi connectivity index (χ4v) is 3.06. The van der Waals surface area contributed by atoms with E-state index in [9.17, 15) is 14.7 Å². The molecule has 0 aliphatic heterocycles. The number of hydrogen-bond acceptors (Lipinski definition) is 5. The van der Waals surface area contributed by atoms with Gasteiger partial charge in [0.15, 0.2) is 0 Å². The number of H-pyrrole nitrogens is 1. The molecular formula is C20H18ClN3O4. The Balaban J connectivity index is 2.11. The Bertz CT molecular complexity index is 1200. The number of hydrogen-bond donors (Lipinski definition) is 2. The number of aliphatic imine (C=N–C) groups is 1. The topological polar surface area (TPSA) is 96.7 Å². The normalized spacial score (nSPS) is 11.1. The zero-order valence-electron chi connectivity index (χ0n) is 15.5. The number of methoxy groups -OCH3 is 1. The molecule has 0 unspecified atom stereocenters. The molecule has 0 aliphatic carbocycles. The van der Waals surface area contributed by atoms with Gasteiger partial charge in [-0.05, 0) is 43.7 Å². The molecule has 3 aromatic rings. The van der Waals surface area contributed by atoms with E-state index in [0.29, 0.717) is 22.1 Å². The summed E-state index contributed by atoms with van der Waals surface area (Å²) in [5.74, 6) is -0.00577. The van der Waals surface area contributed by atoms with E-state index in [4.69, 9.17) is 16.3 Å². The molecule has 1 heterocycles. The molecule has 0 aliphatic rings. The summed E-state index contributed by atoms with van der Waals surface area (Å²) >= 11 is 6.07. The maximum absolute atomic E-state index is 12.3. The lowest BCUT2D eigenvalue weighted by atomic mass is 10.1. The summed E-state index contributed by atoms with van der Waals surface area (Å²) in [7, 11) is 1.50. The highest BCUT2D eigenvalue weighted by Crippen LogP contribution is 2.28. The minimum absolute atomic E-state index is 0.147. The summed E-state index contributed by atoms with van der Waals surface area (Å²) in [5.41, 5.74) is 1.07. The molecule has 2 aromatic carbocycles. The van der Waals surface area contributed by atoms with Crippen LogP contribution >= 0.6 is 11.6 Å². The molecule has 0 spiro atoms. The monoisotopic (exact) mass is 399 g/mol. The summed E-state index contributed by atoms with van der Waals surface area (Å²) in [6.45, 7) is 3.73. The number of aromatic hydroxyl groups is 1. The molecule has 0 atom stereocenters. The van der Waals surface area contributed by atoms with Crippen molar-refractivity contribution in [2.24, 2.45) is 4.99 Å². The first-order valence-electron chi connectivity index (χ1n) is 8.35. The van der Waals surface area contributed by atoms with Crippen molar-refractivity contribution >= 4 is 23.5 Å². The van der Waals surface area contributed by atoms with Crippen LogP contribution in [0.5, 0.6) is 11.6 Å². The Morgan fingerprint density at radius 2 is 1.93 bits per heavy atom. The predicted molar refractivity (Wildman–Crippen MR) is 109 cm³/mol. The Hall–Kier alpha value is -3.32. The van der Waals surface area contributed by atoms with E-state index in [1.807, 2.05) is 26.0 Å². The highest BCUT2D eigenvalue weighted by Gasteiger charge is 2.15. The van der Waals surface area contributed by atoms with Gasteiger partial charge >= 0.3 is 5.69 Å². The van der Waals surface area contributed by atoms with Gasteiger partial charge in [0.25, 0.3) is 5.56 Å². The number of benzene rings is 2. The number of aryl methyl sites for hydroxylation is 2. The Morgan fingerprint density at radius 1 is 1.18 bits per heavy atom. The Labute approximate surface area is 165 Å². The van der Waals surface area contributed by atoms with Gasteiger partial charge in [0.1, 0.15) is 11.3 Å². The minimum Gasteiger partial charge on any atom is -0.495 e. The molecule has 7 nitrogen and oxygen atoms in total. The number of aromatic amines is 1. The zero-order chi connectivity index (χ0) is 20.4. The van der Waals surface area contributed by atoms with Crippen LogP contribution in [0.1, 0.15) is 16.7 Å². The van der Waals surface area contributed by atoms with Gasteiger partial charge in [0.05, 0.1) is 23.5 Å². The molecule has 1 aromatic heterocycles. The second kappa shape index (κ2) is 7.74. The lowest BCUT2D eigenvalue weighted by molar-refractivity contribution is 0.415. The van der Waals surface area contributed by atoms with E-state index in [1.165, 1.54) is 13.3 Å². The van der Waals surface area contributed by atoms with Gasteiger partial charge in [0.2, 0.25) is 5.88 Å². The summed E-state index contributed by atoms with van der Waals surface area (Å²) in [5, 5.41) is 11.0. The van der Waals surface area contributed by atoms with E-state index in [0.717, 1.165) is 15.7 Å². The van der Waals surface area contributed by atoms with Crippen LogP contribution in [-0.4, -0.2) is 28.0 Å². The van der Waals surface area contributed by atoms with Crippen molar-refractivity contribution < 1.29 is 9.84 Å². The molecule has 0 bridgehead atoms. The molecule has 2 N–H and O–H groups in total. The van der Waals surface area contributed by atoms with E-state index < -0.39 is 17.1 Å². The van der Waals surface area contributed by atoms with Crippen molar-refractivity contribution in [3.8, 4) is 17.3 Å². The standard InChI is InChI=1S/C20H18ClN3O4/c1-11-4-6-16(12(2)8-11)24-19(26)14(18(25)23-20(24)27)10-22-13-5-7-17(28-3)15(21)9-13/h4-10,26H,1-3H3,(H,23,25,27).